The van der Waals surface area contributed by atoms with Crippen LogP contribution in [0.5, 0.6) is 0 Å². The van der Waals surface area contributed by atoms with Crippen molar-refractivity contribution in [3.05, 3.63) is 66.5 Å². The number of nitrogens with zero attached hydrogens (tertiary/aromatic N) is 3. The molecular formula is C18H17N3OS2. The third-order valence-electron chi connectivity index (χ3n) is 3.23. The van der Waals surface area contributed by atoms with Gasteiger partial charge in [-0.2, -0.15) is 0 Å². The summed E-state index contributed by atoms with van der Waals surface area (Å²) in [5.74, 6) is 2.12. The number of rotatable bonds is 7. The lowest BCUT2D eigenvalue weighted by Crippen LogP contribution is -2.03. The van der Waals surface area contributed by atoms with Crippen molar-refractivity contribution in [3.8, 4) is 5.69 Å². The van der Waals surface area contributed by atoms with Crippen LogP contribution in [0.4, 0.5) is 0 Å². The lowest BCUT2D eigenvalue weighted by atomic mass is 10.3. The van der Waals surface area contributed by atoms with Gasteiger partial charge in [0.1, 0.15) is 11.6 Å². The molecule has 4 nitrogen and oxygen atoms in total. The van der Waals surface area contributed by atoms with Crippen molar-refractivity contribution >= 4 is 29.3 Å². The average Bonchev–Trinajstić information content (AvgIpc) is 3.02. The summed E-state index contributed by atoms with van der Waals surface area (Å²) in [4.78, 5) is 12.5. The van der Waals surface area contributed by atoms with E-state index in [-0.39, 0.29) is 5.78 Å². The summed E-state index contributed by atoms with van der Waals surface area (Å²) in [6.07, 6.45) is 0. The molecule has 3 rings (SSSR count). The highest BCUT2D eigenvalue weighted by molar-refractivity contribution is 7.99. The van der Waals surface area contributed by atoms with Gasteiger partial charge in [-0.1, -0.05) is 48.2 Å². The zero-order chi connectivity index (χ0) is 16.8. The highest BCUT2D eigenvalue weighted by atomic mass is 32.2. The molecule has 0 bridgehead atoms. The molecule has 0 aliphatic rings. The fraction of sp³-hybridized carbons (Fsp3) is 0.167. The number of aromatic nitrogens is 3. The van der Waals surface area contributed by atoms with Crippen LogP contribution in [-0.2, 0) is 10.5 Å². The minimum absolute atomic E-state index is 0.128. The van der Waals surface area contributed by atoms with E-state index < -0.39 is 0 Å². The molecule has 0 unspecified atom stereocenters. The normalized spacial score (nSPS) is 10.7. The number of para-hydroxylation sites is 1. The molecule has 0 fully saturated rings. The Kier molecular flexibility index (Phi) is 5.72. The van der Waals surface area contributed by atoms with Gasteiger partial charge < -0.3 is 0 Å². The van der Waals surface area contributed by atoms with Crippen LogP contribution >= 0.6 is 23.5 Å². The molecule has 1 aromatic heterocycles. The largest absolute Gasteiger partial charge is 0.299 e. The van der Waals surface area contributed by atoms with E-state index in [2.05, 4.69) is 22.3 Å². The molecule has 0 radical (unpaired) electrons. The van der Waals surface area contributed by atoms with Gasteiger partial charge in [0.05, 0.1) is 11.5 Å². The summed E-state index contributed by atoms with van der Waals surface area (Å²) in [6.45, 7) is 1.59. The Morgan fingerprint density at radius 2 is 1.62 bits per heavy atom. The van der Waals surface area contributed by atoms with Gasteiger partial charge in [-0.25, -0.2) is 0 Å². The first-order valence-corrected chi connectivity index (χ1v) is 9.51. The van der Waals surface area contributed by atoms with Gasteiger partial charge in [0, 0.05) is 10.6 Å². The number of thioether (sulfide) groups is 2. The van der Waals surface area contributed by atoms with Crippen molar-refractivity contribution in [3.63, 3.8) is 0 Å². The molecule has 0 aliphatic carbocycles. The third kappa shape index (κ3) is 4.27. The molecule has 0 spiro atoms. The Morgan fingerprint density at radius 1 is 0.958 bits per heavy atom. The fourth-order valence-corrected chi connectivity index (χ4v) is 3.76. The molecule has 6 heteroatoms. The van der Waals surface area contributed by atoms with Crippen LogP contribution in [0.15, 0.2) is 70.7 Å². The number of carbonyl (C=O) groups excluding carboxylic acids is 1. The lowest BCUT2D eigenvalue weighted by Gasteiger charge is -2.09. The number of carbonyl (C=O) groups is 1. The van der Waals surface area contributed by atoms with Crippen molar-refractivity contribution in [1.29, 1.82) is 0 Å². The molecule has 0 aliphatic heterocycles. The summed E-state index contributed by atoms with van der Waals surface area (Å²) in [5.41, 5.74) is 1.01. The van der Waals surface area contributed by atoms with E-state index in [1.54, 1.807) is 18.7 Å². The smallest absolute Gasteiger partial charge is 0.196 e. The Hall–Kier alpha value is -2.05. The molecule has 0 atom stereocenters. The van der Waals surface area contributed by atoms with Gasteiger partial charge in [-0.05, 0) is 31.2 Å². The topological polar surface area (TPSA) is 47.8 Å². The van der Waals surface area contributed by atoms with Gasteiger partial charge in [0.15, 0.2) is 5.16 Å². The third-order valence-corrected chi connectivity index (χ3v) is 5.31. The Labute approximate surface area is 149 Å². The second kappa shape index (κ2) is 8.17. The first kappa shape index (κ1) is 16.8. The molecule has 0 amide bonds. The second-order valence-electron chi connectivity index (χ2n) is 5.16. The zero-order valence-electron chi connectivity index (χ0n) is 13.3. The van der Waals surface area contributed by atoms with Crippen LogP contribution < -0.4 is 0 Å². The fourth-order valence-electron chi connectivity index (χ4n) is 2.15. The molecule has 3 aromatic rings. The van der Waals surface area contributed by atoms with E-state index in [0.29, 0.717) is 11.5 Å². The van der Waals surface area contributed by atoms with Crippen molar-refractivity contribution in [2.24, 2.45) is 0 Å². The minimum Gasteiger partial charge on any atom is -0.299 e. The summed E-state index contributed by atoms with van der Waals surface area (Å²) in [5, 5.41) is 9.38. The first-order valence-electron chi connectivity index (χ1n) is 7.54. The first-order chi connectivity index (χ1) is 11.7. The van der Waals surface area contributed by atoms with Gasteiger partial charge in [-0.15, -0.1) is 22.0 Å². The number of benzene rings is 2. The highest BCUT2D eigenvalue weighted by Gasteiger charge is 2.15. The van der Waals surface area contributed by atoms with Crippen LogP contribution in [0.2, 0.25) is 0 Å². The van der Waals surface area contributed by atoms with Crippen molar-refractivity contribution < 1.29 is 4.79 Å². The molecule has 122 valence electrons. The van der Waals surface area contributed by atoms with E-state index in [1.807, 2.05) is 53.1 Å². The standard InChI is InChI=1S/C18H17N3OS2/c1-14(22)12-24-18-20-19-17(13-23-16-10-6-3-7-11-16)21(18)15-8-4-2-5-9-15/h2-11H,12-13H2,1H3. The predicted molar refractivity (Wildman–Crippen MR) is 98.8 cm³/mol. The number of hydrogen-bond acceptors (Lipinski definition) is 5. The van der Waals surface area contributed by atoms with Crippen molar-refractivity contribution in [1.82, 2.24) is 14.8 Å². The minimum atomic E-state index is 0.128. The monoisotopic (exact) mass is 355 g/mol. The number of ketones is 1. The van der Waals surface area contributed by atoms with E-state index >= 15 is 0 Å². The number of hydrogen-bond donors (Lipinski definition) is 0. The lowest BCUT2D eigenvalue weighted by molar-refractivity contribution is -0.114. The molecule has 1 heterocycles. The van der Waals surface area contributed by atoms with Crippen LogP contribution in [-0.4, -0.2) is 26.3 Å². The van der Waals surface area contributed by atoms with E-state index in [9.17, 15) is 4.79 Å². The average molecular weight is 355 g/mol. The summed E-state index contributed by atoms with van der Waals surface area (Å²) < 4.78 is 2.03. The van der Waals surface area contributed by atoms with Gasteiger partial charge in [0.2, 0.25) is 0 Å². The van der Waals surface area contributed by atoms with Crippen LogP contribution in [0.25, 0.3) is 5.69 Å². The van der Waals surface area contributed by atoms with Crippen LogP contribution in [0, 0.1) is 0 Å². The van der Waals surface area contributed by atoms with Crippen molar-refractivity contribution in [2.75, 3.05) is 5.75 Å². The predicted octanol–water partition coefficient (Wildman–Crippen LogP) is 4.24. The molecular weight excluding hydrogens is 338 g/mol. The Morgan fingerprint density at radius 3 is 2.29 bits per heavy atom. The van der Waals surface area contributed by atoms with E-state index in [0.717, 1.165) is 16.7 Å². The Balaban J connectivity index is 1.86. The van der Waals surface area contributed by atoms with Crippen LogP contribution in [0.3, 0.4) is 0 Å². The molecule has 2 aromatic carbocycles. The van der Waals surface area contributed by atoms with Gasteiger partial charge in [0.25, 0.3) is 0 Å². The molecule has 24 heavy (non-hydrogen) atoms. The second-order valence-corrected chi connectivity index (χ2v) is 7.15. The molecule has 0 saturated carbocycles. The van der Waals surface area contributed by atoms with E-state index in [4.69, 9.17) is 0 Å². The van der Waals surface area contributed by atoms with Gasteiger partial charge >= 0.3 is 0 Å². The maximum atomic E-state index is 11.3. The molecule has 0 saturated heterocycles. The van der Waals surface area contributed by atoms with Crippen LogP contribution in [0.1, 0.15) is 12.7 Å². The maximum absolute atomic E-state index is 11.3. The molecule has 0 N–H and O–H groups in total. The summed E-state index contributed by atoms with van der Waals surface area (Å²) in [6, 6.07) is 20.2. The van der Waals surface area contributed by atoms with E-state index in [1.165, 1.54) is 16.7 Å². The SMILES string of the molecule is CC(=O)CSc1nnc(CSc2ccccc2)n1-c1ccccc1. The van der Waals surface area contributed by atoms with Crippen molar-refractivity contribution in [2.45, 2.75) is 22.7 Å². The quantitative estimate of drug-likeness (QED) is 0.593. The zero-order valence-corrected chi connectivity index (χ0v) is 14.9. The summed E-state index contributed by atoms with van der Waals surface area (Å²) in [7, 11) is 0. The summed E-state index contributed by atoms with van der Waals surface area (Å²) >= 11 is 3.14. The maximum Gasteiger partial charge on any atom is 0.196 e. The highest BCUT2D eigenvalue weighted by Crippen LogP contribution is 2.27. The number of Topliss-reactive ketones (excluding diaryl/α,β-unsaturated/α-hetero) is 1. The van der Waals surface area contributed by atoms with Gasteiger partial charge in [-0.3, -0.25) is 9.36 Å². The Bertz CT molecular complexity index is 804.